The van der Waals surface area contributed by atoms with E-state index in [4.69, 9.17) is 34.8 Å². The van der Waals surface area contributed by atoms with E-state index in [9.17, 15) is 9.59 Å². The van der Waals surface area contributed by atoms with Gasteiger partial charge in [0.1, 0.15) is 6.04 Å². The van der Waals surface area contributed by atoms with Crippen LogP contribution in [-0.4, -0.2) is 29.3 Å². The molecular weight excluding hydrogens is 431 g/mol. The van der Waals surface area contributed by atoms with Gasteiger partial charge in [-0.15, -0.1) is 0 Å². The third kappa shape index (κ3) is 6.91. The minimum atomic E-state index is -0.642. The summed E-state index contributed by atoms with van der Waals surface area (Å²) in [5.41, 5.74) is 1.43. The van der Waals surface area contributed by atoms with Crippen molar-refractivity contribution in [1.29, 1.82) is 0 Å². The van der Waals surface area contributed by atoms with Crippen molar-refractivity contribution in [2.45, 2.75) is 45.7 Å². The van der Waals surface area contributed by atoms with E-state index in [-0.39, 0.29) is 24.8 Å². The molecule has 2 aromatic carbocycles. The van der Waals surface area contributed by atoms with Crippen LogP contribution in [0.25, 0.3) is 0 Å². The van der Waals surface area contributed by atoms with E-state index in [2.05, 4.69) is 12.2 Å². The topological polar surface area (TPSA) is 49.4 Å². The van der Waals surface area contributed by atoms with Gasteiger partial charge in [-0.25, -0.2) is 0 Å². The number of carbonyl (C=O) groups excluding carboxylic acids is 2. The highest BCUT2D eigenvalue weighted by Crippen LogP contribution is 2.26. The van der Waals surface area contributed by atoms with Crippen LogP contribution in [0.5, 0.6) is 0 Å². The Labute approximate surface area is 187 Å². The molecule has 29 heavy (non-hydrogen) atoms. The number of unbranched alkanes of at least 4 members (excludes halogenated alkanes) is 1. The Morgan fingerprint density at radius 2 is 1.66 bits per heavy atom. The highest BCUT2D eigenvalue weighted by Gasteiger charge is 2.27. The van der Waals surface area contributed by atoms with Crippen LogP contribution in [0, 0.1) is 0 Å². The molecule has 1 unspecified atom stereocenters. The first-order chi connectivity index (χ1) is 13.8. The highest BCUT2D eigenvalue weighted by molar-refractivity contribution is 6.36. The minimum absolute atomic E-state index is 0.0126. The van der Waals surface area contributed by atoms with Gasteiger partial charge in [-0.2, -0.15) is 0 Å². The number of carbonyl (C=O) groups is 2. The SMILES string of the molecule is CCCCNC(=O)C(C)N(Cc1ccc(Cl)cc1)C(=O)Cc1c(Cl)cccc1Cl. The van der Waals surface area contributed by atoms with Gasteiger partial charge in [0.25, 0.3) is 0 Å². The van der Waals surface area contributed by atoms with Crippen molar-refractivity contribution in [3.63, 3.8) is 0 Å². The molecule has 0 saturated heterocycles. The van der Waals surface area contributed by atoms with Crippen LogP contribution in [0.2, 0.25) is 15.1 Å². The first-order valence-corrected chi connectivity index (χ1v) is 10.7. The lowest BCUT2D eigenvalue weighted by Crippen LogP contribution is -2.48. The third-order valence-corrected chi connectivity index (χ3v) is 5.61. The molecule has 0 bridgehead atoms. The normalized spacial score (nSPS) is 11.8. The average Bonchev–Trinajstić information content (AvgIpc) is 2.70. The second-order valence-electron chi connectivity index (χ2n) is 6.85. The number of benzene rings is 2. The molecule has 0 aliphatic heterocycles. The Hall–Kier alpha value is -1.75. The molecule has 0 aliphatic carbocycles. The third-order valence-electron chi connectivity index (χ3n) is 4.65. The van der Waals surface area contributed by atoms with Gasteiger partial charge < -0.3 is 10.2 Å². The predicted molar refractivity (Wildman–Crippen MR) is 120 cm³/mol. The number of amides is 2. The molecule has 7 heteroatoms. The van der Waals surface area contributed by atoms with E-state index in [1.807, 2.05) is 12.1 Å². The molecule has 2 rings (SSSR count). The fourth-order valence-electron chi connectivity index (χ4n) is 2.86. The Morgan fingerprint density at radius 3 is 2.24 bits per heavy atom. The van der Waals surface area contributed by atoms with Crippen molar-refractivity contribution < 1.29 is 9.59 Å². The lowest BCUT2D eigenvalue weighted by molar-refractivity contribution is -0.140. The summed E-state index contributed by atoms with van der Waals surface area (Å²) in [6.07, 6.45) is 1.88. The summed E-state index contributed by atoms with van der Waals surface area (Å²) in [6.45, 7) is 4.64. The number of hydrogen-bond acceptors (Lipinski definition) is 2. The molecule has 0 radical (unpaired) electrons. The van der Waals surface area contributed by atoms with Crippen LogP contribution in [0.1, 0.15) is 37.8 Å². The fourth-order valence-corrected chi connectivity index (χ4v) is 3.52. The van der Waals surface area contributed by atoms with Gasteiger partial charge in [-0.05, 0) is 48.7 Å². The molecule has 4 nitrogen and oxygen atoms in total. The van der Waals surface area contributed by atoms with Crippen molar-refractivity contribution in [2.75, 3.05) is 6.54 Å². The Morgan fingerprint density at radius 1 is 1.03 bits per heavy atom. The van der Waals surface area contributed by atoms with E-state index in [0.717, 1.165) is 18.4 Å². The van der Waals surface area contributed by atoms with Crippen LogP contribution in [-0.2, 0) is 22.6 Å². The molecule has 2 amide bonds. The Kier molecular flexibility index (Phi) is 9.28. The highest BCUT2D eigenvalue weighted by atomic mass is 35.5. The molecular formula is C22H25Cl3N2O2. The van der Waals surface area contributed by atoms with Crippen molar-refractivity contribution in [3.8, 4) is 0 Å². The first kappa shape index (κ1) is 23.5. The van der Waals surface area contributed by atoms with Crippen molar-refractivity contribution in [1.82, 2.24) is 10.2 Å². The summed E-state index contributed by atoms with van der Waals surface area (Å²) in [5.74, 6) is -0.417. The number of nitrogens with zero attached hydrogens (tertiary/aromatic N) is 1. The Balaban J connectivity index is 2.23. The van der Waals surface area contributed by atoms with E-state index in [1.165, 1.54) is 0 Å². The maximum atomic E-state index is 13.2. The lowest BCUT2D eigenvalue weighted by atomic mass is 10.1. The minimum Gasteiger partial charge on any atom is -0.354 e. The van der Waals surface area contributed by atoms with Gasteiger partial charge >= 0.3 is 0 Å². The van der Waals surface area contributed by atoms with Crippen LogP contribution in [0.15, 0.2) is 42.5 Å². The van der Waals surface area contributed by atoms with E-state index >= 15 is 0 Å². The smallest absolute Gasteiger partial charge is 0.242 e. The summed E-state index contributed by atoms with van der Waals surface area (Å²) in [7, 11) is 0. The van der Waals surface area contributed by atoms with Gasteiger partial charge in [0.2, 0.25) is 11.8 Å². The van der Waals surface area contributed by atoms with Gasteiger partial charge in [-0.3, -0.25) is 9.59 Å². The van der Waals surface area contributed by atoms with Gasteiger partial charge in [0.15, 0.2) is 0 Å². The molecule has 0 aromatic heterocycles. The maximum absolute atomic E-state index is 13.2. The van der Waals surface area contributed by atoms with E-state index in [1.54, 1.807) is 42.2 Å². The second kappa shape index (κ2) is 11.4. The van der Waals surface area contributed by atoms with Gasteiger partial charge in [0.05, 0.1) is 6.42 Å². The van der Waals surface area contributed by atoms with Crippen LogP contribution >= 0.6 is 34.8 Å². The summed E-state index contributed by atoms with van der Waals surface area (Å²) < 4.78 is 0. The van der Waals surface area contributed by atoms with Crippen molar-refractivity contribution in [2.24, 2.45) is 0 Å². The molecule has 1 atom stereocenters. The van der Waals surface area contributed by atoms with Crippen molar-refractivity contribution >= 4 is 46.6 Å². The largest absolute Gasteiger partial charge is 0.354 e. The Bertz CT molecular complexity index is 820. The molecule has 0 spiro atoms. The predicted octanol–water partition coefficient (Wildman–Crippen LogP) is 5.52. The van der Waals surface area contributed by atoms with Gasteiger partial charge in [-0.1, -0.05) is 66.3 Å². The quantitative estimate of drug-likeness (QED) is 0.506. The molecule has 1 N–H and O–H groups in total. The molecule has 156 valence electrons. The van der Waals surface area contributed by atoms with Crippen LogP contribution < -0.4 is 5.32 Å². The molecule has 0 saturated carbocycles. The molecule has 0 aliphatic rings. The lowest BCUT2D eigenvalue weighted by Gasteiger charge is -2.29. The molecule has 0 heterocycles. The van der Waals surface area contributed by atoms with Crippen LogP contribution in [0.3, 0.4) is 0 Å². The number of halogens is 3. The summed E-state index contributed by atoms with van der Waals surface area (Å²) in [6, 6.07) is 11.7. The standard InChI is InChI=1S/C22H25Cl3N2O2/c1-3-4-12-26-22(29)15(2)27(14-16-8-10-17(23)11-9-16)21(28)13-18-19(24)6-5-7-20(18)25/h5-11,15H,3-4,12-14H2,1-2H3,(H,26,29). The number of hydrogen-bond donors (Lipinski definition) is 1. The zero-order chi connectivity index (χ0) is 21.4. The zero-order valence-corrected chi connectivity index (χ0v) is 18.8. The van der Waals surface area contributed by atoms with E-state index in [0.29, 0.717) is 27.2 Å². The van der Waals surface area contributed by atoms with Crippen molar-refractivity contribution in [3.05, 3.63) is 68.7 Å². The zero-order valence-electron chi connectivity index (χ0n) is 16.6. The molecule has 2 aromatic rings. The summed E-state index contributed by atoms with van der Waals surface area (Å²) in [5, 5.41) is 4.36. The fraction of sp³-hybridized carbons (Fsp3) is 0.364. The van der Waals surface area contributed by atoms with Gasteiger partial charge in [0, 0.05) is 28.2 Å². The first-order valence-electron chi connectivity index (χ1n) is 9.58. The maximum Gasteiger partial charge on any atom is 0.242 e. The molecule has 0 fully saturated rings. The monoisotopic (exact) mass is 454 g/mol. The number of nitrogens with one attached hydrogen (secondary N) is 1. The summed E-state index contributed by atoms with van der Waals surface area (Å²) >= 11 is 18.4. The van der Waals surface area contributed by atoms with Crippen LogP contribution in [0.4, 0.5) is 0 Å². The average molecular weight is 456 g/mol. The summed E-state index contributed by atoms with van der Waals surface area (Å²) in [4.78, 5) is 27.3. The van der Waals surface area contributed by atoms with E-state index < -0.39 is 6.04 Å². The number of rotatable bonds is 9. The second-order valence-corrected chi connectivity index (χ2v) is 8.10.